The van der Waals surface area contributed by atoms with Gasteiger partial charge in [-0.2, -0.15) is 0 Å². The lowest BCUT2D eigenvalue weighted by molar-refractivity contribution is -0.138. The average Bonchev–Trinajstić information content (AvgIpc) is 3.07. The van der Waals surface area contributed by atoms with E-state index in [9.17, 15) is 9.18 Å². The molecular weight excluding hydrogens is 369 g/mol. The van der Waals surface area contributed by atoms with Gasteiger partial charge in [-0.1, -0.05) is 18.2 Å². The molecule has 1 unspecified atom stereocenters. The van der Waals surface area contributed by atoms with E-state index in [1.54, 1.807) is 26.0 Å². The minimum atomic E-state index is -0.902. The quantitative estimate of drug-likeness (QED) is 0.834. The number of hydrogen-bond donors (Lipinski definition) is 2. The van der Waals surface area contributed by atoms with Crippen LogP contribution in [0.1, 0.15) is 13.8 Å². The molecule has 0 radical (unpaired) electrons. The molecule has 6 nitrogen and oxygen atoms in total. The number of hydrogen-bond acceptors (Lipinski definition) is 5. The fourth-order valence-corrected chi connectivity index (χ4v) is 3.80. The second kappa shape index (κ2) is 7.40. The molecular formula is C22H26FN5O. The molecule has 0 spiro atoms. The molecule has 0 aromatic heterocycles. The van der Waals surface area contributed by atoms with Crippen LogP contribution < -0.4 is 16.0 Å². The highest BCUT2D eigenvalue weighted by Gasteiger charge is 2.41. The van der Waals surface area contributed by atoms with E-state index < -0.39 is 5.54 Å². The number of anilines is 2. The minimum absolute atomic E-state index is 0.0413. The van der Waals surface area contributed by atoms with Crippen LogP contribution in [0.2, 0.25) is 0 Å². The van der Waals surface area contributed by atoms with Gasteiger partial charge in [0.25, 0.3) is 0 Å². The minimum Gasteiger partial charge on any atom is -0.341 e. The molecule has 0 saturated carbocycles. The monoisotopic (exact) mass is 395 g/mol. The Hall–Kier alpha value is -3.06. The number of carbonyl (C=O) groups is 1. The van der Waals surface area contributed by atoms with Crippen LogP contribution in [0.4, 0.5) is 15.8 Å². The van der Waals surface area contributed by atoms with Gasteiger partial charge >= 0.3 is 0 Å². The predicted molar refractivity (Wildman–Crippen MR) is 112 cm³/mol. The van der Waals surface area contributed by atoms with Gasteiger partial charge in [0.1, 0.15) is 17.8 Å². The Balaban J connectivity index is 1.61. The van der Waals surface area contributed by atoms with Crippen LogP contribution in [0.3, 0.4) is 0 Å². The number of rotatable bonds is 4. The molecule has 2 aliphatic rings. The standard InChI is InChI=1S/C22H26FN5O/c1-22(2,24)21(29)26-12-13-27-19(25-17-10-8-16(23)9-11-17)14-28(20(27)15-26)18-6-4-3-5-7-18/h3-11,14,20,25H,12-13,15,24H2,1-2H3. The van der Waals surface area contributed by atoms with Crippen molar-refractivity contribution in [1.82, 2.24) is 9.80 Å². The molecule has 1 fully saturated rings. The van der Waals surface area contributed by atoms with Crippen molar-refractivity contribution in [3.63, 3.8) is 0 Å². The summed E-state index contributed by atoms with van der Waals surface area (Å²) in [5, 5.41) is 3.39. The van der Waals surface area contributed by atoms with Gasteiger partial charge < -0.3 is 25.8 Å². The lowest BCUT2D eigenvalue weighted by atomic mass is 10.0. The molecule has 2 heterocycles. The predicted octanol–water partition coefficient (Wildman–Crippen LogP) is 2.76. The first-order valence-electron chi connectivity index (χ1n) is 9.75. The number of fused-ring (bicyclic) bond motifs is 1. The number of benzene rings is 2. The van der Waals surface area contributed by atoms with Crippen LogP contribution in [0, 0.1) is 5.82 Å². The van der Waals surface area contributed by atoms with E-state index in [2.05, 4.69) is 15.1 Å². The highest BCUT2D eigenvalue weighted by molar-refractivity contribution is 5.85. The molecule has 2 aromatic rings. The zero-order valence-electron chi connectivity index (χ0n) is 16.7. The lowest BCUT2D eigenvalue weighted by Gasteiger charge is -2.44. The number of carbonyl (C=O) groups excluding carboxylic acids is 1. The summed E-state index contributed by atoms with van der Waals surface area (Å²) >= 11 is 0. The van der Waals surface area contributed by atoms with Gasteiger partial charge in [-0.3, -0.25) is 4.79 Å². The van der Waals surface area contributed by atoms with Crippen LogP contribution in [0.25, 0.3) is 0 Å². The Morgan fingerprint density at radius 2 is 1.79 bits per heavy atom. The van der Waals surface area contributed by atoms with Gasteiger partial charge in [-0.25, -0.2) is 4.39 Å². The van der Waals surface area contributed by atoms with Crippen molar-refractivity contribution in [2.75, 3.05) is 29.9 Å². The average molecular weight is 395 g/mol. The molecule has 1 amide bonds. The summed E-state index contributed by atoms with van der Waals surface area (Å²) in [4.78, 5) is 19.0. The number of amides is 1. The van der Waals surface area contributed by atoms with Crippen LogP contribution in [-0.2, 0) is 4.79 Å². The van der Waals surface area contributed by atoms with Crippen molar-refractivity contribution >= 4 is 17.3 Å². The Labute approximate surface area is 170 Å². The topological polar surface area (TPSA) is 64.8 Å². The largest absolute Gasteiger partial charge is 0.341 e. The molecule has 0 aliphatic carbocycles. The number of nitrogens with zero attached hydrogens (tertiary/aromatic N) is 3. The van der Waals surface area contributed by atoms with Gasteiger partial charge in [0.2, 0.25) is 5.91 Å². The Bertz CT molecular complexity index is 907. The first-order chi connectivity index (χ1) is 13.8. The van der Waals surface area contributed by atoms with Gasteiger partial charge in [0, 0.05) is 30.7 Å². The van der Waals surface area contributed by atoms with Crippen LogP contribution in [-0.4, -0.2) is 47.0 Å². The number of halogens is 1. The van der Waals surface area contributed by atoms with E-state index in [-0.39, 0.29) is 17.9 Å². The third-order valence-corrected chi connectivity index (χ3v) is 5.26. The summed E-state index contributed by atoms with van der Waals surface area (Å²) in [6.07, 6.45) is 2.01. The van der Waals surface area contributed by atoms with Crippen molar-refractivity contribution in [3.8, 4) is 0 Å². The van der Waals surface area contributed by atoms with E-state index >= 15 is 0 Å². The van der Waals surface area contributed by atoms with Crippen LogP contribution >= 0.6 is 0 Å². The van der Waals surface area contributed by atoms with Crippen molar-refractivity contribution in [3.05, 3.63) is 72.4 Å². The highest BCUT2D eigenvalue weighted by Crippen LogP contribution is 2.32. The lowest BCUT2D eigenvalue weighted by Crippen LogP contribution is -2.61. The number of para-hydroxylation sites is 1. The third kappa shape index (κ3) is 3.91. The molecule has 152 valence electrons. The summed E-state index contributed by atoms with van der Waals surface area (Å²) in [6.45, 7) is 5.30. The van der Waals surface area contributed by atoms with Crippen molar-refractivity contribution in [1.29, 1.82) is 0 Å². The first kappa shape index (κ1) is 19.3. The highest BCUT2D eigenvalue weighted by atomic mass is 19.1. The van der Waals surface area contributed by atoms with Crippen molar-refractivity contribution < 1.29 is 9.18 Å². The van der Waals surface area contributed by atoms with Crippen LogP contribution in [0.15, 0.2) is 66.6 Å². The zero-order valence-corrected chi connectivity index (χ0v) is 16.7. The molecule has 2 aliphatic heterocycles. The van der Waals surface area contributed by atoms with Gasteiger partial charge in [-0.05, 0) is 50.2 Å². The van der Waals surface area contributed by atoms with Crippen molar-refractivity contribution in [2.45, 2.75) is 25.6 Å². The summed E-state index contributed by atoms with van der Waals surface area (Å²) in [7, 11) is 0. The molecule has 1 saturated heterocycles. The smallest absolute Gasteiger partial charge is 0.242 e. The van der Waals surface area contributed by atoms with E-state index in [0.29, 0.717) is 19.6 Å². The first-order valence-corrected chi connectivity index (χ1v) is 9.75. The summed E-state index contributed by atoms with van der Waals surface area (Å²) in [5.74, 6) is 0.603. The number of nitrogens with two attached hydrogens (primary N) is 1. The number of piperazine rings is 1. The maximum Gasteiger partial charge on any atom is 0.242 e. The van der Waals surface area contributed by atoms with Gasteiger partial charge in [0.05, 0.1) is 12.1 Å². The Morgan fingerprint density at radius 1 is 1.10 bits per heavy atom. The number of nitrogens with one attached hydrogen (secondary N) is 1. The molecule has 29 heavy (non-hydrogen) atoms. The molecule has 0 bridgehead atoms. The molecule has 4 rings (SSSR count). The molecule has 7 heteroatoms. The van der Waals surface area contributed by atoms with E-state index in [4.69, 9.17) is 5.73 Å². The van der Waals surface area contributed by atoms with Gasteiger partial charge in [-0.15, -0.1) is 0 Å². The van der Waals surface area contributed by atoms with Crippen molar-refractivity contribution in [2.24, 2.45) is 5.73 Å². The van der Waals surface area contributed by atoms with Crippen LogP contribution in [0.5, 0.6) is 0 Å². The van der Waals surface area contributed by atoms with Gasteiger partial charge in [0.15, 0.2) is 0 Å². The van der Waals surface area contributed by atoms with E-state index in [0.717, 1.165) is 17.2 Å². The molecule has 1 atom stereocenters. The maximum atomic E-state index is 13.3. The summed E-state index contributed by atoms with van der Waals surface area (Å²) in [6, 6.07) is 16.4. The van der Waals surface area contributed by atoms with E-state index in [1.807, 2.05) is 41.4 Å². The van der Waals surface area contributed by atoms with E-state index in [1.165, 1.54) is 12.1 Å². The maximum absolute atomic E-state index is 13.3. The third-order valence-electron chi connectivity index (χ3n) is 5.26. The Kier molecular flexibility index (Phi) is 4.92. The fraction of sp³-hybridized carbons (Fsp3) is 0.318. The molecule has 3 N–H and O–H groups in total. The second-order valence-electron chi connectivity index (χ2n) is 8.04. The summed E-state index contributed by atoms with van der Waals surface area (Å²) in [5.41, 5.74) is 7.01. The second-order valence-corrected chi connectivity index (χ2v) is 8.04. The normalized spacial score (nSPS) is 19.1. The zero-order chi connectivity index (χ0) is 20.6. The Morgan fingerprint density at radius 3 is 2.45 bits per heavy atom. The fourth-order valence-electron chi connectivity index (χ4n) is 3.80. The molecule has 2 aromatic carbocycles. The summed E-state index contributed by atoms with van der Waals surface area (Å²) < 4.78 is 13.3. The SMILES string of the molecule is CC(C)(N)C(=O)N1CCN2C(Nc3ccc(F)cc3)=CN(c3ccccc3)C2C1.